The SMILES string of the molecule is O=[N+]([O-])c1c(Br)cc(I)nc1C(F)F. The van der Waals surface area contributed by atoms with Crippen molar-refractivity contribution in [3.8, 4) is 0 Å². The smallest absolute Gasteiger partial charge is 0.258 e. The lowest BCUT2D eigenvalue weighted by molar-refractivity contribution is -0.387. The molecule has 0 saturated carbocycles. The summed E-state index contributed by atoms with van der Waals surface area (Å²) in [5, 5.41) is 10.5. The molecule has 0 radical (unpaired) electrons. The van der Waals surface area contributed by atoms with Gasteiger partial charge in [0.25, 0.3) is 6.43 Å². The quantitative estimate of drug-likeness (QED) is 0.343. The lowest BCUT2D eigenvalue weighted by atomic mass is 10.3. The van der Waals surface area contributed by atoms with Crippen molar-refractivity contribution < 1.29 is 13.7 Å². The van der Waals surface area contributed by atoms with E-state index in [2.05, 4.69) is 20.9 Å². The van der Waals surface area contributed by atoms with Crippen LogP contribution in [0.4, 0.5) is 14.5 Å². The molecule has 0 saturated heterocycles. The Kier molecular flexibility index (Phi) is 3.70. The number of rotatable bonds is 2. The highest BCUT2D eigenvalue weighted by Crippen LogP contribution is 2.34. The largest absolute Gasteiger partial charge is 0.310 e. The van der Waals surface area contributed by atoms with E-state index in [1.54, 1.807) is 22.6 Å². The molecule has 1 aromatic heterocycles. The molecule has 0 spiro atoms. The summed E-state index contributed by atoms with van der Waals surface area (Å²) in [4.78, 5) is 13.0. The summed E-state index contributed by atoms with van der Waals surface area (Å²) < 4.78 is 25.0. The van der Waals surface area contributed by atoms with Crippen LogP contribution in [-0.4, -0.2) is 9.91 Å². The average Bonchev–Trinajstić information content (AvgIpc) is 2.01. The van der Waals surface area contributed by atoms with Crippen LogP contribution in [0.3, 0.4) is 0 Å². The lowest BCUT2D eigenvalue weighted by Gasteiger charge is -2.03. The van der Waals surface area contributed by atoms with Gasteiger partial charge in [-0.3, -0.25) is 10.1 Å². The van der Waals surface area contributed by atoms with Crippen LogP contribution in [0.15, 0.2) is 10.5 Å². The minimum Gasteiger partial charge on any atom is -0.258 e. The molecule has 1 aromatic rings. The van der Waals surface area contributed by atoms with E-state index < -0.39 is 22.7 Å². The van der Waals surface area contributed by atoms with Crippen LogP contribution in [0, 0.1) is 13.8 Å². The number of halogens is 4. The second-order valence-corrected chi connectivity index (χ2v) is 4.18. The highest BCUT2D eigenvalue weighted by atomic mass is 127. The van der Waals surface area contributed by atoms with Gasteiger partial charge in [0.2, 0.25) is 0 Å². The fourth-order valence-electron chi connectivity index (χ4n) is 0.828. The van der Waals surface area contributed by atoms with Crippen molar-refractivity contribution in [2.75, 3.05) is 0 Å². The lowest BCUT2D eigenvalue weighted by Crippen LogP contribution is -2.01. The van der Waals surface area contributed by atoms with Crippen LogP contribution in [0.25, 0.3) is 0 Å². The predicted octanol–water partition coefficient (Wildman–Crippen LogP) is 3.29. The Morgan fingerprint density at radius 1 is 1.64 bits per heavy atom. The highest BCUT2D eigenvalue weighted by Gasteiger charge is 2.27. The van der Waals surface area contributed by atoms with Crippen molar-refractivity contribution in [2.24, 2.45) is 0 Å². The molecule has 8 heteroatoms. The first kappa shape index (κ1) is 11.7. The molecule has 0 fully saturated rings. The standard InChI is InChI=1S/C6H2BrF2IN2O2/c7-2-1-3(10)11-4(6(8)9)5(2)12(13)14/h1,6H. The van der Waals surface area contributed by atoms with Crippen LogP contribution in [0.2, 0.25) is 0 Å². The zero-order valence-electron chi connectivity index (χ0n) is 6.38. The summed E-state index contributed by atoms with van der Waals surface area (Å²) in [6.07, 6.45) is -2.96. The number of hydrogen-bond acceptors (Lipinski definition) is 3. The molecule has 0 N–H and O–H groups in total. The van der Waals surface area contributed by atoms with Crippen LogP contribution < -0.4 is 0 Å². The first-order valence-electron chi connectivity index (χ1n) is 3.22. The molecule has 0 unspecified atom stereocenters. The molecule has 1 heterocycles. The number of hydrogen-bond donors (Lipinski definition) is 0. The Morgan fingerprint density at radius 2 is 2.21 bits per heavy atom. The second-order valence-electron chi connectivity index (χ2n) is 2.22. The summed E-state index contributed by atoms with van der Waals surface area (Å²) in [6, 6.07) is 1.31. The highest BCUT2D eigenvalue weighted by molar-refractivity contribution is 14.1. The van der Waals surface area contributed by atoms with Crippen molar-refractivity contribution in [3.05, 3.63) is 30.0 Å². The number of alkyl halides is 2. The van der Waals surface area contributed by atoms with Crippen molar-refractivity contribution in [3.63, 3.8) is 0 Å². The number of aromatic nitrogens is 1. The van der Waals surface area contributed by atoms with Gasteiger partial charge in [0.1, 0.15) is 8.17 Å². The maximum absolute atomic E-state index is 12.4. The third kappa shape index (κ3) is 2.35. The van der Waals surface area contributed by atoms with Crippen molar-refractivity contribution in [1.82, 2.24) is 4.98 Å². The second kappa shape index (κ2) is 4.43. The van der Waals surface area contributed by atoms with Gasteiger partial charge in [-0.25, -0.2) is 13.8 Å². The first-order chi connectivity index (χ1) is 6.43. The van der Waals surface area contributed by atoms with Crippen molar-refractivity contribution in [2.45, 2.75) is 6.43 Å². The topological polar surface area (TPSA) is 56.0 Å². The van der Waals surface area contributed by atoms with Gasteiger partial charge in [0.05, 0.1) is 4.92 Å². The monoisotopic (exact) mass is 378 g/mol. The van der Waals surface area contributed by atoms with Gasteiger partial charge in [-0.1, -0.05) is 0 Å². The molecular formula is C6H2BrF2IN2O2. The fourth-order valence-corrected chi connectivity index (χ4v) is 2.39. The van der Waals surface area contributed by atoms with Gasteiger partial charge < -0.3 is 0 Å². The number of nitrogens with zero attached hydrogens (tertiary/aromatic N) is 2. The van der Waals surface area contributed by atoms with Crippen LogP contribution in [0.5, 0.6) is 0 Å². The van der Waals surface area contributed by atoms with Crippen LogP contribution in [-0.2, 0) is 0 Å². The summed E-state index contributed by atoms with van der Waals surface area (Å²) >= 11 is 4.55. The minimum atomic E-state index is -2.96. The fraction of sp³-hybridized carbons (Fsp3) is 0.167. The molecule has 0 bridgehead atoms. The van der Waals surface area contributed by atoms with Gasteiger partial charge in [0, 0.05) is 0 Å². The van der Waals surface area contributed by atoms with E-state index in [1.165, 1.54) is 6.07 Å². The maximum Gasteiger partial charge on any atom is 0.310 e. The van der Waals surface area contributed by atoms with Crippen molar-refractivity contribution >= 4 is 44.2 Å². The van der Waals surface area contributed by atoms with E-state index in [0.717, 1.165) is 0 Å². The Labute approximate surface area is 99.1 Å². The molecule has 4 nitrogen and oxygen atoms in total. The number of nitro groups is 1. The summed E-state index contributed by atoms with van der Waals surface area (Å²) in [5.74, 6) is 0. The molecule has 14 heavy (non-hydrogen) atoms. The maximum atomic E-state index is 12.4. The molecular weight excluding hydrogens is 377 g/mol. The molecule has 0 aliphatic rings. The molecule has 0 aromatic carbocycles. The third-order valence-corrected chi connectivity index (χ3v) is 2.49. The molecule has 0 atom stereocenters. The molecule has 0 aliphatic heterocycles. The Morgan fingerprint density at radius 3 is 2.64 bits per heavy atom. The Bertz CT molecular complexity index is 388. The van der Waals surface area contributed by atoms with Crippen LogP contribution in [0.1, 0.15) is 12.1 Å². The van der Waals surface area contributed by atoms with Gasteiger partial charge in [-0.2, -0.15) is 0 Å². The minimum absolute atomic E-state index is 0.0113. The first-order valence-corrected chi connectivity index (χ1v) is 5.09. The summed E-state index contributed by atoms with van der Waals surface area (Å²) in [5.41, 5.74) is -1.49. The van der Waals surface area contributed by atoms with E-state index in [0.29, 0.717) is 0 Å². The van der Waals surface area contributed by atoms with E-state index in [-0.39, 0.29) is 8.17 Å². The van der Waals surface area contributed by atoms with E-state index >= 15 is 0 Å². The van der Waals surface area contributed by atoms with Gasteiger partial charge in [0.15, 0.2) is 5.69 Å². The molecule has 0 aliphatic carbocycles. The zero-order chi connectivity index (χ0) is 10.9. The van der Waals surface area contributed by atoms with Gasteiger partial charge in [-0.05, 0) is 44.6 Å². The van der Waals surface area contributed by atoms with E-state index in [1.807, 2.05) is 0 Å². The Balaban J connectivity index is 3.44. The number of pyridine rings is 1. The van der Waals surface area contributed by atoms with Gasteiger partial charge in [-0.15, -0.1) is 0 Å². The normalized spacial score (nSPS) is 10.6. The zero-order valence-corrected chi connectivity index (χ0v) is 10.1. The van der Waals surface area contributed by atoms with E-state index in [9.17, 15) is 18.9 Å². The van der Waals surface area contributed by atoms with E-state index in [4.69, 9.17) is 0 Å². The third-order valence-electron chi connectivity index (χ3n) is 1.33. The molecule has 1 rings (SSSR count). The summed E-state index contributed by atoms with van der Waals surface area (Å²) in [7, 11) is 0. The molecule has 76 valence electrons. The molecule has 0 amide bonds. The summed E-state index contributed by atoms with van der Waals surface area (Å²) in [6.45, 7) is 0. The average molecular weight is 379 g/mol. The van der Waals surface area contributed by atoms with Gasteiger partial charge >= 0.3 is 5.69 Å². The predicted molar refractivity (Wildman–Crippen MR) is 56.3 cm³/mol. The van der Waals surface area contributed by atoms with Crippen LogP contribution >= 0.6 is 38.5 Å². The van der Waals surface area contributed by atoms with Crippen molar-refractivity contribution in [1.29, 1.82) is 0 Å². The Hall–Kier alpha value is -0.380.